The number of pyridine rings is 1. The molecule has 7 heteroatoms. The van der Waals surface area contributed by atoms with Gasteiger partial charge in [-0.25, -0.2) is 0 Å². The van der Waals surface area contributed by atoms with E-state index in [1.54, 1.807) is 4.90 Å². The summed E-state index contributed by atoms with van der Waals surface area (Å²) in [5.74, 6) is 0.494. The van der Waals surface area contributed by atoms with Crippen LogP contribution in [0.25, 0.3) is 21.8 Å². The van der Waals surface area contributed by atoms with Crippen LogP contribution in [0.1, 0.15) is 12.1 Å². The van der Waals surface area contributed by atoms with Crippen LogP contribution in [0.4, 0.5) is 0 Å². The van der Waals surface area contributed by atoms with Gasteiger partial charge in [-0.15, -0.1) is 0 Å². The van der Waals surface area contributed by atoms with Crippen molar-refractivity contribution < 1.29 is 0 Å². The van der Waals surface area contributed by atoms with Gasteiger partial charge in [0.05, 0.1) is 10.9 Å². The van der Waals surface area contributed by atoms with Crippen LogP contribution in [0.5, 0.6) is 0 Å². The second-order valence-corrected chi connectivity index (χ2v) is 6.03. The Kier molecular flexibility index (Phi) is 4.24. The Hall–Kier alpha value is -2.83. The van der Waals surface area contributed by atoms with Gasteiger partial charge in [-0.2, -0.15) is 5.10 Å². The third-order valence-electron chi connectivity index (χ3n) is 4.13. The Bertz CT molecular complexity index is 966. The van der Waals surface area contributed by atoms with Gasteiger partial charge < -0.3 is 15.2 Å². The number of nitrogens with two attached hydrogens (primary N) is 1. The fraction of sp³-hybridized carbons (Fsp3) is 0.353. The lowest BCUT2D eigenvalue weighted by atomic mass is 10.1. The zero-order valence-corrected chi connectivity index (χ0v) is 14.2. The minimum atomic E-state index is -0.0143. The lowest BCUT2D eigenvalue weighted by Gasteiger charge is -2.12. The predicted octanol–water partition coefficient (Wildman–Crippen LogP) is 1.45. The Morgan fingerprint density at radius 1 is 1.38 bits per heavy atom. The minimum Gasteiger partial charge on any atom is -0.370 e. The van der Waals surface area contributed by atoms with Crippen LogP contribution in [0.15, 0.2) is 34.1 Å². The summed E-state index contributed by atoms with van der Waals surface area (Å²) in [6.07, 6.45) is 0.737. The van der Waals surface area contributed by atoms with Crippen LogP contribution in [-0.2, 0) is 6.54 Å². The van der Waals surface area contributed by atoms with Crippen LogP contribution in [0, 0.1) is 6.92 Å². The number of hydrogen-bond donors (Lipinski definition) is 2. The van der Waals surface area contributed by atoms with Crippen molar-refractivity contribution in [3.05, 3.63) is 40.3 Å². The first-order valence-electron chi connectivity index (χ1n) is 7.94. The number of hydrogen-bond acceptors (Lipinski definition) is 3. The summed E-state index contributed by atoms with van der Waals surface area (Å²) in [5, 5.41) is 8.87. The number of aromatic amines is 1. The van der Waals surface area contributed by atoms with Crippen LogP contribution >= 0.6 is 0 Å². The molecule has 0 saturated heterocycles. The molecule has 0 aliphatic rings. The topological polar surface area (TPSA) is 92.3 Å². The fourth-order valence-electron chi connectivity index (χ4n) is 2.83. The van der Waals surface area contributed by atoms with Crippen LogP contribution in [0.3, 0.4) is 0 Å². The molecule has 0 fully saturated rings. The summed E-state index contributed by atoms with van der Waals surface area (Å²) in [6.45, 7) is 3.04. The zero-order valence-electron chi connectivity index (χ0n) is 14.2. The molecule has 0 spiro atoms. The number of benzene rings is 1. The van der Waals surface area contributed by atoms with Gasteiger partial charge in [0.2, 0.25) is 0 Å². The van der Waals surface area contributed by atoms with E-state index >= 15 is 0 Å². The van der Waals surface area contributed by atoms with Crippen molar-refractivity contribution in [2.24, 2.45) is 10.7 Å². The van der Waals surface area contributed by atoms with E-state index in [-0.39, 0.29) is 5.56 Å². The summed E-state index contributed by atoms with van der Waals surface area (Å²) in [4.78, 5) is 19.0. The van der Waals surface area contributed by atoms with Gasteiger partial charge in [-0.3, -0.25) is 14.9 Å². The number of aryl methyl sites for hydroxylation is 2. The lowest BCUT2D eigenvalue weighted by Crippen LogP contribution is -2.30. The van der Waals surface area contributed by atoms with Gasteiger partial charge >= 0.3 is 0 Å². The Labute approximate surface area is 139 Å². The lowest BCUT2D eigenvalue weighted by molar-refractivity contribution is 0.600. The molecule has 3 N–H and O–H groups in total. The second-order valence-electron chi connectivity index (χ2n) is 6.03. The standard InChI is InChI=1S/C17H22N6O/c1-11-14-15(21-20-11)12-7-4-5-8-13(12)23(16(14)24)10-6-9-19-17(18)22(2)3/h4-5,7-8H,6,9-10H2,1-3H3,(H2,18,19)(H,20,21). The summed E-state index contributed by atoms with van der Waals surface area (Å²) in [6, 6.07) is 7.85. The van der Waals surface area contributed by atoms with Gasteiger partial charge in [-0.05, 0) is 19.4 Å². The van der Waals surface area contributed by atoms with E-state index in [0.29, 0.717) is 24.4 Å². The minimum absolute atomic E-state index is 0.0143. The van der Waals surface area contributed by atoms with Crippen molar-refractivity contribution >= 4 is 27.8 Å². The molecular formula is C17H22N6O. The summed E-state index contributed by atoms with van der Waals surface area (Å²) in [5.41, 5.74) is 8.20. The van der Waals surface area contributed by atoms with E-state index in [4.69, 9.17) is 5.73 Å². The summed E-state index contributed by atoms with van der Waals surface area (Å²) in [7, 11) is 3.71. The Balaban J connectivity index is 2.00. The molecule has 3 rings (SSSR count). The molecule has 126 valence electrons. The maximum Gasteiger partial charge on any atom is 0.262 e. The van der Waals surface area contributed by atoms with Gasteiger partial charge in [0.15, 0.2) is 5.96 Å². The first-order chi connectivity index (χ1) is 11.5. The van der Waals surface area contributed by atoms with E-state index in [2.05, 4.69) is 15.2 Å². The number of para-hydroxylation sites is 1. The molecule has 7 nitrogen and oxygen atoms in total. The summed E-state index contributed by atoms with van der Waals surface area (Å²) < 4.78 is 1.81. The molecule has 0 amide bonds. The van der Waals surface area contributed by atoms with Crippen molar-refractivity contribution in [3.8, 4) is 0 Å². The molecule has 1 aromatic carbocycles. The van der Waals surface area contributed by atoms with Crippen molar-refractivity contribution in [1.82, 2.24) is 19.7 Å². The number of H-pyrrole nitrogens is 1. The normalized spacial score (nSPS) is 12.2. The number of aliphatic imine (C=N–C) groups is 1. The highest BCUT2D eigenvalue weighted by molar-refractivity contribution is 6.03. The van der Waals surface area contributed by atoms with Crippen molar-refractivity contribution in [2.45, 2.75) is 19.9 Å². The molecule has 0 radical (unpaired) electrons. The molecular weight excluding hydrogens is 304 g/mol. The smallest absolute Gasteiger partial charge is 0.262 e. The van der Waals surface area contributed by atoms with Crippen LogP contribution in [0.2, 0.25) is 0 Å². The number of aromatic nitrogens is 3. The summed E-state index contributed by atoms with van der Waals surface area (Å²) >= 11 is 0. The van der Waals surface area contributed by atoms with Crippen LogP contribution in [-0.4, -0.2) is 46.3 Å². The zero-order chi connectivity index (χ0) is 17.3. The quantitative estimate of drug-likeness (QED) is 0.431. The van der Waals surface area contributed by atoms with Crippen LogP contribution < -0.4 is 11.3 Å². The molecule has 0 bridgehead atoms. The number of guanidine groups is 1. The maximum absolute atomic E-state index is 12.9. The fourth-order valence-corrected chi connectivity index (χ4v) is 2.83. The van der Waals surface area contributed by atoms with Gasteiger partial charge in [0.1, 0.15) is 5.52 Å². The van der Waals surface area contributed by atoms with Gasteiger partial charge in [-0.1, -0.05) is 18.2 Å². The third-order valence-corrected chi connectivity index (χ3v) is 4.13. The largest absolute Gasteiger partial charge is 0.370 e. The third kappa shape index (κ3) is 2.73. The van der Waals surface area contributed by atoms with Gasteiger partial charge in [0.25, 0.3) is 5.56 Å². The van der Waals surface area contributed by atoms with E-state index in [1.807, 2.05) is 49.9 Å². The van der Waals surface area contributed by atoms with Crippen molar-refractivity contribution in [3.63, 3.8) is 0 Å². The molecule has 0 atom stereocenters. The van der Waals surface area contributed by atoms with E-state index in [1.165, 1.54) is 0 Å². The first-order valence-corrected chi connectivity index (χ1v) is 7.94. The predicted molar refractivity (Wildman–Crippen MR) is 97.4 cm³/mol. The number of fused-ring (bicyclic) bond motifs is 3. The molecule has 0 aliphatic heterocycles. The average Bonchev–Trinajstić information content (AvgIpc) is 2.96. The Morgan fingerprint density at radius 3 is 2.88 bits per heavy atom. The first kappa shape index (κ1) is 16.0. The maximum atomic E-state index is 12.9. The number of nitrogens with one attached hydrogen (secondary N) is 1. The van der Waals surface area contributed by atoms with E-state index < -0.39 is 0 Å². The average molecular weight is 326 g/mol. The molecule has 0 aliphatic carbocycles. The highest BCUT2D eigenvalue weighted by atomic mass is 16.1. The second kappa shape index (κ2) is 6.35. The molecule has 0 unspecified atom stereocenters. The monoisotopic (exact) mass is 326 g/mol. The highest BCUT2D eigenvalue weighted by Gasteiger charge is 2.14. The molecule has 3 aromatic rings. The molecule has 0 saturated carbocycles. The number of nitrogens with zero attached hydrogens (tertiary/aromatic N) is 4. The van der Waals surface area contributed by atoms with E-state index in [0.717, 1.165) is 28.5 Å². The van der Waals surface area contributed by atoms with Crippen molar-refractivity contribution in [1.29, 1.82) is 0 Å². The molecule has 2 aromatic heterocycles. The SMILES string of the molecule is Cc1[nH]nc2c1c(=O)n(CCCN=C(N)N(C)C)c1ccccc21. The van der Waals surface area contributed by atoms with Crippen molar-refractivity contribution in [2.75, 3.05) is 20.6 Å². The Morgan fingerprint density at radius 2 is 2.12 bits per heavy atom. The van der Waals surface area contributed by atoms with Gasteiger partial charge in [0, 0.05) is 38.3 Å². The molecule has 24 heavy (non-hydrogen) atoms. The molecule has 2 heterocycles. The van der Waals surface area contributed by atoms with E-state index in [9.17, 15) is 4.79 Å². The number of rotatable bonds is 4. The highest BCUT2D eigenvalue weighted by Crippen LogP contribution is 2.22.